The third-order valence-electron chi connectivity index (χ3n) is 4.26. The van der Waals surface area contributed by atoms with Gasteiger partial charge in [-0.25, -0.2) is 4.79 Å². The van der Waals surface area contributed by atoms with Crippen molar-refractivity contribution in [2.24, 2.45) is 0 Å². The van der Waals surface area contributed by atoms with Crippen LogP contribution in [-0.2, 0) is 11.2 Å². The molecule has 0 aliphatic rings. The highest BCUT2D eigenvalue weighted by atomic mass is 16.5. The number of benzene rings is 2. The number of carboxylic acids is 1. The van der Waals surface area contributed by atoms with E-state index in [-0.39, 0.29) is 16.9 Å². The molecule has 1 aromatic heterocycles. The minimum atomic E-state index is -1.16. The summed E-state index contributed by atoms with van der Waals surface area (Å²) in [5.41, 5.74) is 1.93. The first kappa shape index (κ1) is 19.8. The molecular weight excluding hydrogens is 370 g/mol. The molecule has 0 radical (unpaired) electrons. The molecular formula is C23H19NO5. The normalized spacial score (nSPS) is 10.8. The van der Waals surface area contributed by atoms with Crippen LogP contribution in [0.4, 0.5) is 0 Å². The maximum atomic E-state index is 11.5. The molecule has 0 unspecified atom stereocenters. The van der Waals surface area contributed by atoms with Crippen molar-refractivity contribution in [2.45, 2.75) is 13.3 Å². The van der Waals surface area contributed by atoms with Gasteiger partial charge in [0.05, 0.1) is 17.0 Å². The second-order valence-corrected chi connectivity index (χ2v) is 6.35. The minimum absolute atomic E-state index is 0.0155. The number of para-hydroxylation sites is 1. The molecule has 0 saturated heterocycles. The Kier molecular flexibility index (Phi) is 6.04. The number of ether oxygens (including phenoxy) is 1. The van der Waals surface area contributed by atoms with Crippen LogP contribution in [0.3, 0.4) is 0 Å². The predicted octanol–water partition coefficient (Wildman–Crippen LogP) is 4.39. The number of aldehydes is 1. The summed E-state index contributed by atoms with van der Waals surface area (Å²) in [7, 11) is 0. The first-order chi connectivity index (χ1) is 14.0. The largest absolute Gasteiger partial charge is 0.505 e. The summed E-state index contributed by atoms with van der Waals surface area (Å²) in [4.78, 5) is 26.8. The Labute approximate surface area is 167 Å². The summed E-state index contributed by atoms with van der Waals surface area (Å²) in [6.45, 7) is 1.59. The fourth-order valence-electron chi connectivity index (χ4n) is 2.93. The van der Waals surface area contributed by atoms with E-state index in [1.165, 1.54) is 6.08 Å². The lowest BCUT2D eigenvalue weighted by molar-refractivity contribution is -0.131. The number of carbonyl (C=O) groups is 2. The summed E-state index contributed by atoms with van der Waals surface area (Å²) in [6.07, 6.45) is 3.02. The zero-order valence-electron chi connectivity index (χ0n) is 15.7. The van der Waals surface area contributed by atoms with Gasteiger partial charge >= 0.3 is 5.97 Å². The number of aryl methyl sites for hydroxylation is 1. The smallest absolute Gasteiger partial charge is 0.328 e. The van der Waals surface area contributed by atoms with Gasteiger partial charge in [0.15, 0.2) is 6.29 Å². The number of hydrogen-bond acceptors (Lipinski definition) is 5. The van der Waals surface area contributed by atoms with Gasteiger partial charge < -0.3 is 14.9 Å². The van der Waals surface area contributed by atoms with Gasteiger partial charge in [0.25, 0.3) is 0 Å². The monoisotopic (exact) mass is 389 g/mol. The van der Waals surface area contributed by atoms with Gasteiger partial charge in [-0.3, -0.25) is 9.78 Å². The van der Waals surface area contributed by atoms with E-state index >= 15 is 0 Å². The standard InChI is InChI=1S/C23H19NO5/c1-15-23(28)20(14-25)19(10-11-22(26)27)21(24-15)13-16-6-5-9-18(12-16)29-17-7-3-2-4-8-17/h2-12,14,28H,13H2,1H3,(H,26,27)/b11-10+. The fraction of sp³-hybridized carbons (Fsp3) is 0.0870. The second-order valence-electron chi connectivity index (χ2n) is 6.35. The predicted molar refractivity (Wildman–Crippen MR) is 108 cm³/mol. The van der Waals surface area contributed by atoms with Gasteiger partial charge in [-0.15, -0.1) is 0 Å². The Balaban J connectivity index is 1.97. The Morgan fingerprint density at radius 2 is 1.79 bits per heavy atom. The fourth-order valence-corrected chi connectivity index (χ4v) is 2.93. The van der Waals surface area contributed by atoms with Crippen LogP contribution in [0.25, 0.3) is 6.08 Å². The van der Waals surface area contributed by atoms with Crippen molar-refractivity contribution in [3.8, 4) is 17.2 Å². The summed E-state index contributed by atoms with van der Waals surface area (Å²) in [6, 6.07) is 16.8. The van der Waals surface area contributed by atoms with E-state index < -0.39 is 5.97 Å². The van der Waals surface area contributed by atoms with E-state index in [0.29, 0.717) is 35.6 Å². The molecule has 0 aliphatic heterocycles. The minimum Gasteiger partial charge on any atom is -0.505 e. The summed E-state index contributed by atoms with van der Waals surface area (Å²) in [5.74, 6) is -0.0694. The number of hydrogen-bond donors (Lipinski definition) is 2. The zero-order valence-corrected chi connectivity index (χ0v) is 15.7. The average Bonchev–Trinajstić information content (AvgIpc) is 2.70. The maximum Gasteiger partial charge on any atom is 0.328 e. The first-order valence-electron chi connectivity index (χ1n) is 8.88. The topological polar surface area (TPSA) is 96.7 Å². The number of nitrogens with zero attached hydrogens (tertiary/aromatic N) is 1. The number of aromatic nitrogens is 1. The lowest BCUT2D eigenvalue weighted by Crippen LogP contribution is -2.04. The molecule has 0 fully saturated rings. The molecule has 146 valence electrons. The number of carboxylic acid groups (broad SMARTS) is 1. The van der Waals surface area contributed by atoms with Crippen LogP contribution in [0.2, 0.25) is 0 Å². The molecule has 6 heteroatoms. The molecule has 0 atom stereocenters. The Hall–Kier alpha value is -3.93. The number of pyridine rings is 1. The highest BCUT2D eigenvalue weighted by molar-refractivity contribution is 5.91. The molecule has 1 heterocycles. The molecule has 0 saturated carbocycles. The van der Waals surface area contributed by atoms with E-state index in [0.717, 1.165) is 11.6 Å². The van der Waals surface area contributed by atoms with Gasteiger partial charge in [0.1, 0.15) is 17.2 Å². The van der Waals surface area contributed by atoms with Crippen molar-refractivity contribution in [3.63, 3.8) is 0 Å². The Bertz CT molecular complexity index is 1070. The molecule has 0 amide bonds. The van der Waals surface area contributed by atoms with Gasteiger partial charge in [-0.2, -0.15) is 0 Å². The van der Waals surface area contributed by atoms with Crippen molar-refractivity contribution in [1.29, 1.82) is 0 Å². The van der Waals surface area contributed by atoms with Crippen LogP contribution in [0, 0.1) is 6.92 Å². The molecule has 0 aliphatic carbocycles. The van der Waals surface area contributed by atoms with E-state index in [4.69, 9.17) is 9.84 Å². The van der Waals surface area contributed by atoms with Crippen molar-refractivity contribution >= 4 is 18.3 Å². The number of carbonyl (C=O) groups excluding carboxylic acids is 1. The Morgan fingerprint density at radius 3 is 2.48 bits per heavy atom. The van der Waals surface area contributed by atoms with Crippen LogP contribution in [-0.4, -0.2) is 27.5 Å². The lowest BCUT2D eigenvalue weighted by Gasteiger charge is -2.13. The van der Waals surface area contributed by atoms with E-state index in [1.807, 2.05) is 54.6 Å². The SMILES string of the molecule is Cc1nc(Cc2cccc(Oc3ccccc3)c2)c(/C=C/C(=O)O)c(C=O)c1O. The third kappa shape index (κ3) is 4.87. The maximum absolute atomic E-state index is 11.5. The van der Waals surface area contributed by atoms with Crippen LogP contribution in [0.1, 0.15) is 32.9 Å². The van der Waals surface area contributed by atoms with E-state index in [2.05, 4.69) is 4.98 Å². The highest BCUT2D eigenvalue weighted by Gasteiger charge is 2.16. The highest BCUT2D eigenvalue weighted by Crippen LogP contribution is 2.29. The second kappa shape index (κ2) is 8.84. The van der Waals surface area contributed by atoms with E-state index in [1.54, 1.807) is 6.92 Å². The molecule has 6 nitrogen and oxygen atoms in total. The van der Waals surface area contributed by atoms with Crippen molar-refractivity contribution in [2.75, 3.05) is 0 Å². The van der Waals surface area contributed by atoms with Crippen LogP contribution in [0.15, 0.2) is 60.7 Å². The molecule has 3 aromatic rings. The quantitative estimate of drug-likeness (QED) is 0.460. The van der Waals surface area contributed by atoms with Crippen LogP contribution < -0.4 is 4.74 Å². The van der Waals surface area contributed by atoms with Crippen molar-refractivity contribution in [1.82, 2.24) is 4.98 Å². The van der Waals surface area contributed by atoms with Crippen molar-refractivity contribution < 1.29 is 24.5 Å². The van der Waals surface area contributed by atoms with Gasteiger partial charge in [-0.05, 0) is 42.8 Å². The van der Waals surface area contributed by atoms with Gasteiger partial charge in [0, 0.05) is 18.1 Å². The first-order valence-corrected chi connectivity index (χ1v) is 8.88. The van der Waals surface area contributed by atoms with Crippen LogP contribution >= 0.6 is 0 Å². The molecule has 0 bridgehead atoms. The molecule has 3 rings (SSSR count). The number of aliphatic carboxylic acids is 1. The van der Waals surface area contributed by atoms with E-state index in [9.17, 15) is 14.7 Å². The number of aromatic hydroxyl groups is 1. The summed E-state index contributed by atoms with van der Waals surface area (Å²) in [5, 5.41) is 19.1. The third-order valence-corrected chi connectivity index (χ3v) is 4.26. The Morgan fingerprint density at radius 1 is 1.07 bits per heavy atom. The van der Waals surface area contributed by atoms with Crippen molar-refractivity contribution in [3.05, 3.63) is 88.8 Å². The molecule has 2 aromatic carbocycles. The van der Waals surface area contributed by atoms with Gasteiger partial charge in [-0.1, -0.05) is 30.3 Å². The average molecular weight is 389 g/mol. The summed E-state index contributed by atoms with van der Waals surface area (Å²) >= 11 is 0. The molecule has 0 spiro atoms. The lowest BCUT2D eigenvalue weighted by atomic mass is 9.99. The summed E-state index contributed by atoms with van der Waals surface area (Å²) < 4.78 is 5.85. The van der Waals surface area contributed by atoms with Gasteiger partial charge in [0.2, 0.25) is 0 Å². The van der Waals surface area contributed by atoms with Crippen LogP contribution in [0.5, 0.6) is 17.2 Å². The number of rotatable bonds is 7. The zero-order chi connectivity index (χ0) is 20.8. The molecule has 29 heavy (non-hydrogen) atoms. The molecule has 2 N–H and O–H groups in total.